The largest absolute Gasteiger partial charge is 0.378 e. The van der Waals surface area contributed by atoms with Crippen LogP contribution in [-0.4, -0.2) is 56.2 Å². The van der Waals surface area contributed by atoms with Crippen LogP contribution in [0.15, 0.2) is 64.5 Å². The molecule has 0 saturated carbocycles. The molecule has 2 heterocycles. The Kier molecular flexibility index (Phi) is 5.39. The number of thioether (sulfide) groups is 1. The van der Waals surface area contributed by atoms with Gasteiger partial charge in [-0.3, -0.25) is 4.79 Å². The van der Waals surface area contributed by atoms with Gasteiger partial charge < -0.3 is 14.7 Å². The molecule has 0 aromatic heterocycles. The van der Waals surface area contributed by atoms with Gasteiger partial charge in [0.1, 0.15) is 0 Å². The number of aliphatic imine (C=N–C) groups is 1. The zero-order valence-electron chi connectivity index (χ0n) is 16.2. The van der Waals surface area contributed by atoms with Crippen LogP contribution >= 0.6 is 11.8 Å². The third-order valence-corrected chi connectivity index (χ3v) is 6.03. The Morgan fingerprint density at radius 1 is 0.929 bits per heavy atom. The first-order chi connectivity index (χ1) is 13.6. The number of piperazine rings is 1. The first kappa shape index (κ1) is 18.6. The molecule has 2 aromatic carbocycles. The number of carbonyl (C=O) groups excluding carboxylic acids is 1. The molecule has 0 radical (unpaired) electrons. The quantitative estimate of drug-likeness (QED) is 0.747. The minimum absolute atomic E-state index is 0.137. The topological polar surface area (TPSA) is 39.1 Å². The highest BCUT2D eigenvalue weighted by molar-refractivity contribution is 8.18. The van der Waals surface area contributed by atoms with Gasteiger partial charge in [-0.25, -0.2) is 0 Å². The van der Waals surface area contributed by atoms with Crippen molar-refractivity contribution in [2.75, 3.05) is 50.1 Å². The minimum Gasteiger partial charge on any atom is -0.378 e. The maximum absolute atomic E-state index is 12.4. The standard InChI is InChI=1S/C22H24N4OS/c1-24(2)18-10-8-17(9-11-18)16-20-21(27)23-22(28-20)26-14-12-25(13-15-26)19-6-4-3-5-7-19/h3-11,16H,12-15H2,1-2H3/b20-16-. The zero-order chi connectivity index (χ0) is 19.5. The Hall–Kier alpha value is -2.73. The number of hydrogen-bond acceptors (Lipinski definition) is 5. The van der Waals surface area contributed by atoms with Crippen LogP contribution in [0, 0.1) is 0 Å². The summed E-state index contributed by atoms with van der Waals surface area (Å²) in [7, 11) is 4.03. The molecule has 0 aliphatic carbocycles. The summed E-state index contributed by atoms with van der Waals surface area (Å²) in [5.74, 6) is -0.137. The van der Waals surface area contributed by atoms with Crippen molar-refractivity contribution in [3.63, 3.8) is 0 Å². The summed E-state index contributed by atoms with van der Waals surface area (Å²) >= 11 is 1.49. The van der Waals surface area contributed by atoms with E-state index in [0.717, 1.165) is 42.6 Å². The van der Waals surface area contributed by atoms with E-state index in [-0.39, 0.29) is 5.91 Å². The second-order valence-corrected chi connectivity index (χ2v) is 8.11. The lowest BCUT2D eigenvalue weighted by Crippen LogP contribution is -2.47. The fourth-order valence-corrected chi connectivity index (χ4v) is 4.31. The predicted molar refractivity (Wildman–Crippen MR) is 119 cm³/mol. The van der Waals surface area contributed by atoms with Gasteiger partial charge in [-0.15, -0.1) is 0 Å². The molecule has 1 saturated heterocycles. The van der Waals surface area contributed by atoms with Crippen LogP contribution in [-0.2, 0) is 4.79 Å². The van der Waals surface area contributed by atoms with Crippen molar-refractivity contribution < 1.29 is 4.79 Å². The van der Waals surface area contributed by atoms with Crippen LogP contribution in [0.5, 0.6) is 0 Å². The summed E-state index contributed by atoms with van der Waals surface area (Å²) in [6.45, 7) is 3.61. The number of amidine groups is 1. The Bertz CT molecular complexity index is 898. The molecule has 5 nitrogen and oxygen atoms in total. The second kappa shape index (κ2) is 8.10. The molecular weight excluding hydrogens is 368 g/mol. The number of anilines is 2. The number of carbonyl (C=O) groups is 1. The van der Waals surface area contributed by atoms with Gasteiger partial charge >= 0.3 is 0 Å². The van der Waals surface area contributed by atoms with Crippen LogP contribution in [0.1, 0.15) is 5.56 Å². The number of benzene rings is 2. The lowest BCUT2D eigenvalue weighted by atomic mass is 10.2. The minimum atomic E-state index is -0.137. The van der Waals surface area contributed by atoms with Crippen LogP contribution in [0.3, 0.4) is 0 Å². The smallest absolute Gasteiger partial charge is 0.286 e. The molecular formula is C22H24N4OS. The molecule has 4 rings (SSSR count). The highest BCUT2D eigenvalue weighted by Gasteiger charge is 2.28. The van der Waals surface area contributed by atoms with Gasteiger partial charge in [-0.05, 0) is 47.7 Å². The monoisotopic (exact) mass is 392 g/mol. The summed E-state index contributed by atoms with van der Waals surface area (Å²) in [4.78, 5) is 24.0. The molecule has 0 N–H and O–H groups in total. The molecule has 28 heavy (non-hydrogen) atoms. The average molecular weight is 393 g/mol. The third kappa shape index (κ3) is 4.07. The van der Waals surface area contributed by atoms with Crippen molar-refractivity contribution >= 4 is 40.3 Å². The van der Waals surface area contributed by atoms with Crippen LogP contribution in [0.4, 0.5) is 11.4 Å². The first-order valence-corrected chi connectivity index (χ1v) is 10.3. The number of nitrogens with zero attached hydrogens (tertiary/aromatic N) is 4. The van der Waals surface area contributed by atoms with E-state index in [0.29, 0.717) is 4.91 Å². The summed E-state index contributed by atoms with van der Waals surface area (Å²) in [5, 5.41) is 0.828. The van der Waals surface area contributed by atoms with Gasteiger partial charge in [0.25, 0.3) is 5.91 Å². The van der Waals surface area contributed by atoms with E-state index in [1.54, 1.807) is 0 Å². The highest BCUT2D eigenvalue weighted by Crippen LogP contribution is 2.31. The third-order valence-electron chi connectivity index (χ3n) is 4.99. The molecule has 6 heteroatoms. The summed E-state index contributed by atoms with van der Waals surface area (Å²) in [5.41, 5.74) is 3.41. The van der Waals surface area contributed by atoms with Gasteiger partial charge in [0, 0.05) is 51.6 Å². The first-order valence-electron chi connectivity index (χ1n) is 9.45. The molecule has 2 aromatic rings. The molecule has 0 atom stereocenters. The highest BCUT2D eigenvalue weighted by atomic mass is 32.2. The lowest BCUT2D eigenvalue weighted by molar-refractivity contribution is -0.113. The number of para-hydroxylation sites is 1. The molecule has 1 amide bonds. The number of hydrogen-bond donors (Lipinski definition) is 0. The number of rotatable bonds is 3. The van der Waals surface area contributed by atoms with E-state index < -0.39 is 0 Å². The van der Waals surface area contributed by atoms with Crippen molar-refractivity contribution in [1.29, 1.82) is 0 Å². The Balaban J connectivity index is 1.39. The van der Waals surface area contributed by atoms with E-state index in [9.17, 15) is 4.79 Å². The SMILES string of the molecule is CN(C)c1ccc(/C=C2\SC(N3CCN(c4ccccc4)CC3)=NC2=O)cc1. The van der Waals surface area contributed by atoms with Crippen molar-refractivity contribution in [2.45, 2.75) is 0 Å². The number of amides is 1. The zero-order valence-corrected chi connectivity index (χ0v) is 17.0. The molecule has 0 bridgehead atoms. The molecule has 1 fully saturated rings. The fourth-order valence-electron chi connectivity index (χ4n) is 3.35. The van der Waals surface area contributed by atoms with E-state index >= 15 is 0 Å². The van der Waals surface area contributed by atoms with Crippen molar-refractivity contribution in [3.05, 3.63) is 65.1 Å². The fraction of sp³-hybridized carbons (Fsp3) is 0.273. The van der Waals surface area contributed by atoms with Crippen LogP contribution in [0.25, 0.3) is 6.08 Å². The molecule has 2 aliphatic heterocycles. The lowest BCUT2D eigenvalue weighted by Gasteiger charge is -2.36. The van der Waals surface area contributed by atoms with Gasteiger partial charge in [-0.1, -0.05) is 30.3 Å². The Morgan fingerprint density at radius 2 is 1.57 bits per heavy atom. The van der Waals surface area contributed by atoms with Crippen molar-refractivity contribution in [3.8, 4) is 0 Å². The van der Waals surface area contributed by atoms with Gasteiger partial charge in [0.2, 0.25) is 0 Å². The predicted octanol–water partition coefficient (Wildman–Crippen LogP) is 3.55. The van der Waals surface area contributed by atoms with E-state index in [1.807, 2.05) is 38.4 Å². The van der Waals surface area contributed by atoms with Gasteiger partial charge in [0.05, 0.1) is 4.91 Å². The molecule has 2 aliphatic rings. The molecule has 0 unspecified atom stereocenters. The summed E-state index contributed by atoms with van der Waals surface area (Å²) < 4.78 is 0. The Labute approximate surface area is 170 Å². The van der Waals surface area contributed by atoms with E-state index in [2.05, 4.69) is 56.1 Å². The average Bonchev–Trinajstić information content (AvgIpc) is 3.09. The maximum Gasteiger partial charge on any atom is 0.286 e. The Morgan fingerprint density at radius 3 is 2.21 bits per heavy atom. The molecule has 0 spiro atoms. The van der Waals surface area contributed by atoms with E-state index in [4.69, 9.17) is 0 Å². The van der Waals surface area contributed by atoms with Gasteiger partial charge in [-0.2, -0.15) is 4.99 Å². The van der Waals surface area contributed by atoms with Crippen LogP contribution in [0.2, 0.25) is 0 Å². The van der Waals surface area contributed by atoms with E-state index in [1.165, 1.54) is 17.4 Å². The van der Waals surface area contributed by atoms with Crippen molar-refractivity contribution in [2.24, 2.45) is 4.99 Å². The molecule has 144 valence electrons. The summed E-state index contributed by atoms with van der Waals surface area (Å²) in [6, 6.07) is 18.6. The maximum atomic E-state index is 12.4. The summed E-state index contributed by atoms with van der Waals surface area (Å²) in [6.07, 6.45) is 1.93. The normalized spacial score (nSPS) is 18.6. The van der Waals surface area contributed by atoms with Crippen LogP contribution < -0.4 is 9.80 Å². The van der Waals surface area contributed by atoms with Gasteiger partial charge in [0.15, 0.2) is 5.17 Å². The van der Waals surface area contributed by atoms with Crippen molar-refractivity contribution in [1.82, 2.24) is 4.90 Å². The second-order valence-electron chi connectivity index (χ2n) is 7.11.